The number of hydrogen-bond acceptors (Lipinski definition) is 3. The molecular formula is C19H14BrF3N2O2. The lowest BCUT2D eigenvalue weighted by Crippen LogP contribution is -2.27. The maximum Gasteiger partial charge on any atom is 0.422 e. The zero-order chi connectivity index (χ0) is 19.7. The Morgan fingerprint density at radius 1 is 1.26 bits per heavy atom. The van der Waals surface area contributed by atoms with E-state index in [-0.39, 0.29) is 17.2 Å². The van der Waals surface area contributed by atoms with Crippen molar-refractivity contribution in [2.75, 3.05) is 11.9 Å². The van der Waals surface area contributed by atoms with Crippen LogP contribution in [0.15, 0.2) is 46.9 Å². The number of ether oxygens (including phenoxy) is 1. The standard InChI is InChI=1S/C19H14BrF3N2O2/c20-14-3-1-2-13(9-14)18(6-7-18)17(26)25-15-4-5-16(12(8-15)10-24)27-11-19(21,22)23/h1-5,8-9H,6-7,11H2,(H,25,26). The summed E-state index contributed by atoms with van der Waals surface area (Å²) >= 11 is 3.39. The Kier molecular flexibility index (Phi) is 5.16. The Morgan fingerprint density at radius 3 is 2.59 bits per heavy atom. The first-order chi connectivity index (χ1) is 12.7. The minimum absolute atomic E-state index is 0.0793. The number of anilines is 1. The van der Waals surface area contributed by atoms with Crippen LogP contribution in [0.4, 0.5) is 18.9 Å². The molecule has 1 aliphatic rings. The van der Waals surface area contributed by atoms with Gasteiger partial charge in [0.1, 0.15) is 11.8 Å². The maximum atomic E-state index is 12.8. The molecule has 8 heteroatoms. The van der Waals surface area contributed by atoms with Crippen LogP contribution in [0.3, 0.4) is 0 Å². The van der Waals surface area contributed by atoms with Gasteiger partial charge >= 0.3 is 6.18 Å². The molecular weight excluding hydrogens is 425 g/mol. The molecule has 1 fully saturated rings. The van der Waals surface area contributed by atoms with Crippen LogP contribution >= 0.6 is 15.9 Å². The van der Waals surface area contributed by atoms with Crippen molar-refractivity contribution < 1.29 is 22.7 Å². The molecule has 140 valence electrons. The number of benzene rings is 2. The number of nitriles is 1. The number of amides is 1. The van der Waals surface area contributed by atoms with E-state index in [4.69, 9.17) is 5.26 Å². The normalized spacial score (nSPS) is 14.9. The topological polar surface area (TPSA) is 62.1 Å². The zero-order valence-electron chi connectivity index (χ0n) is 13.9. The van der Waals surface area contributed by atoms with Crippen molar-refractivity contribution in [2.24, 2.45) is 0 Å². The van der Waals surface area contributed by atoms with Crippen LogP contribution in [0, 0.1) is 11.3 Å². The van der Waals surface area contributed by atoms with Crippen molar-refractivity contribution >= 4 is 27.5 Å². The maximum absolute atomic E-state index is 12.8. The number of rotatable bonds is 5. The first kappa shape index (κ1) is 19.2. The van der Waals surface area contributed by atoms with Crippen molar-refractivity contribution in [1.82, 2.24) is 0 Å². The second-order valence-electron chi connectivity index (χ2n) is 6.27. The van der Waals surface area contributed by atoms with Gasteiger partial charge in [0, 0.05) is 10.2 Å². The van der Waals surface area contributed by atoms with E-state index in [1.807, 2.05) is 24.3 Å². The average molecular weight is 439 g/mol. The summed E-state index contributed by atoms with van der Waals surface area (Å²) in [6, 6.07) is 13.3. The molecule has 0 radical (unpaired) electrons. The minimum atomic E-state index is -4.50. The lowest BCUT2D eigenvalue weighted by atomic mass is 9.95. The molecule has 0 aromatic heterocycles. The number of carbonyl (C=O) groups is 1. The highest BCUT2D eigenvalue weighted by Crippen LogP contribution is 2.49. The summed E-state index contributed by atoms with van der Waals surface area (Å²) in [6.45, 7) is -1.49. The van der Waals surface area contributed by atoms with Gasteiger partial charge in [0.15, 0.2) is 6.61 Å². The monoisotopic (exact) mass is 438 g/mol. The fraction of sp³-hybridized carbons (Fsp3) is 0.263. The number of nitrogens with one attached hydrogen (secondary N) is 1. The van der Waals surface area contributed by atoms with Crippen molar-refractivity contribution in [3.63, 3.8) is 0 Å². The Labute approximate surface area is 162 Å². The largest absolute Gasteiger partial charge is 0.483 e. The summed E-state index contributed by atoms with van der Waals surface area (Å²) in [4.78, 5) is 12.8. The Hall–Kier alpha value is -2.53. The Bertz CT molecular complexity index is 918. The predicted octanol–water partition coefficient (Wildman–Crippen LogP) is 4.93. The van der Waals surface area contributed by atoms with Crippen molar-refractivity contribution in [1.29, 1.82) is 5.26 Å². The predicted molar refractivity (Wildman–Crippen MR) is 96.4 cm³/mol. The molecule has 1 N–H and O–H groups in total. The molecule has 4 nitrogen and oxygen atoms in total. The van der Waals surface area contributed by atoms with E-state index in [0.717, 1.165) is 10.0 Å². The molecule has 0 unspecified atom stereocenters. The van der Waals surface area contributed by atoms with Crippen LogP contribution in [0.2, 0.25) is 0 Å². The molecule has 1 aliphatic carbocycles. The fourth-order valence-electron chi connectivity index (χ4n) is 2.79. The molecule has 1 saturated carbocycles. The van der Waals surface area contributed by atoms with Gasteiger partial charge in [0.2, 0.25) is 5.91 Å². The molecule has 2 aromatic carbocycles. The second-order valence-corrected chi connectivity index (χ2v) is 7.19. The average Bonchev–Trinajstić information content (AvgIpc) is 3.42. The molecule has 0 heterocycles. The molecule has 2 aromatic rings. The summed E-state index contributed by atoms with van der Waals surface area (Å²) in [5.74, 6) is -0.394. The molecule has 0 aliphatic heterocycles. The number of alkyl halides is 3. The molecule has 27 heavy (non-hydrogen) atoms. The van der Waals surface area contributed by atoms with Crippen LogP contribution in [-0.4, -0.2) is 18.7 Å². The molecule has 0 atom stereocenters. The fourth-order valence-corrected chi connectivity index (χ4v) is 3.19. The van der Waals surface area contributed by atoms with Crippen molar-refractivity contribution in [3.8, 4) is 11.8 Å². The van der Waals surface area contributed by atoms with E-state index in [0.29, 0.717) is 18.5 Å². The van der Waals surface area contributed by atoms with Gasteiger partial charge in [-0.3, -0.25) is 4.79 Å². The summed E-state index contributed by atoms with van der Waals surface area (Å²) < 4.78 is 42.4. The number of hydrogen-bond donors (Lipinski definition) is 1. The third-order valence-electron chi connectivity index (χ3n) is 4.31. The van der Waals surface area contributed by atoms with Gasteiger partial charge in [-0.25, -0.2) is 0 Å². The molecule has 0 saturated heterocycles. The zero-order valence-corrected chi connectivity index (χ0v) is 15.5. The van der Waals surface area contributed by atoms with Gasteiger partial charge in [-0.15, -0.1) is 0 Å². The van der Waals surface area contributed by atoms with Crippen molar-refractivity contribution in [3.05, 3.63) is 58.1 Å². The second kappa shape index (κ2) is 7.24. The van der Waals surface area contributed by atoms with E-state index in [9.17, 15) is 18.0 Å². The van der Waals surface area contributed by atoms with Crippen LogP contribution in [-0.2, 0) is 10.2 Å². The quantitative estimate of drug-likeness (QED) is 0.719. The van der Waals surface area contributed by atoms with Gasteiger partial charge in [-0.2, -0.15) is 18.4 Å². The lowest BCUT2D eigenvalue weighted by Gasteiger charge is -2.17. The van der Waals surface area contributed by atoms with Crippen LogP contribution < -0.4 is 10.1 Å². The van der Waals surface area contributed by atoms with E-state index >= 15 is 0 Å². The van der Waals surface area contributed by atoms with Crippen LogP contribution in [0.25, 0.3) is 0 Å². The third kappa shape index (κ3) is 4.42. The summed E-state index contributed by atoms with van der Waals surface area (Å²) in [7, 11) is 0. The molecule has 1 amide bonds. The Balaban J connectivity index is 1.76. The summed E-state index contributed by atoms with van der Waals surface area (Å²) in [6.07, 6.45) is -3.09. The van der Waals surface area contributed by atoms with Gasteiger partial charge in [0.05, 0.1) is 11.0 Å². The van der Waals surface area contributed by atoms with Gasteiger partial charge in [-0.1, -0.05) is 28.1 Å². The smallest absolute Gasteiger partial charge is 0.422 e. The third-order valence-corrected chi connectivity index (χ3v) is 4.80. The van der Waals surface area contributed by atoms with Gasteiger partial charge < -0.3 is 10.1 Å². The molecule has 0 spiro atoms. The van der Waals surface area contributed by atoms with E-state index in [2.05, 4.69) is 26.0 Å². The SMILES string of the molecule is N#Cc1cc(NC(=O)C2(c3cccc(Br)c3)CC2)ccc1OCC(F)(F)F. The lowest BCUT2D eigenvalue weighted by molar-refractivity contribution is -0.153. The van der Waals surface area contributed by atoms with Gasteiger partial charge in [0.25, 0.3) is 0 Å². The van der Waals surface area contributed by atoms with E-state index in [1.54, 1.807) is 6.07 Å². The minimum Gasteiger partial charge on any atom is -0.483 e. The summed E-state index contributed by atoms with van der Waals surface area (Å²) in [5.41, 5.74) is 0.517. The van der Waals surface area contributed by atoms with Crippen molar-refractivity contribution in [2.45, 2.75) is 24.4 Å². The Morgan fingerprint density at radius 2 is 2.00 bits per heavy atom. The highest BCUT2D eigenvalue weighted by atomic mass is 79.9. The van der Waals surface area contributed by atoms with Crippen LogP contribution in [0.5, 0.6) is 5.75 Å². The first-order valence-corrected chi connectivity index (χ1v) is 8.84. The first-order valence-electron chi connectivity index (χ1n) is 8.05. The summed E-state index contributed by atoms with van der Waals surface area (Å²) in [5, 5.41) is 11.9. The van der Waals surface area contributed by atoms with E-state index < -0.39 is 18.2 Å². The van der Waals surface area contributed by atoms with Crippen LogP contribution in [0.1, 0.15) is 24.0 Å². The highest BCUT2D eigenvalue weighted by Gasteiger charge is 2.51. The molecule has 3 rings (SSSR count). The van der Waals surface area contributed by atoms with Gasteiger partial charge in [-0.05, 0) is 48.7 Å². The molecule has 0 bridgehead atoms. The highest BCUT2D eigenvalue weighted by molar-refractivity contribution is 9.10. The number of nitrogens with zero attached hydrogens (tertiary/aromatic N) is 1. The number of halogens is 4. The number of carbonyl (C=O) groups excluding carboxylic acids is 1. The van der Waals surface area contributed by atoms with E-state index in [1.165, 1.54) is 18.2 Å².